The second kappa shape index (κ2) is 7.84. The SMILES string of the molecule is NC(Cc1c[nH]c2ccccc12)C(=O)N[C@@H](Cc1ccccc1)C(=O)O. The summed E-state index contributed by atoms with van der Waals surface area (Å²) in [7, 11) is 0. The first kappa shape index (κ1) is 17.7. The monoisotopic (exact) mass is 351 g/mol. The number of nitrogens with one attached hydrogen (secondary N) is 2. The Labute approximate surface area is 151 Å². The Balaban J connectivity index is 1.66. The molecule has 6 heteroatoms. The van der Waals surface area contributed by atoms with Gasteiger partial charge >= 0.3 is 5.97 Å². The summed E-state index contributed by atoms with van der Waals surface area (Å²) < 4.78 is 0. The van der Waals surface area contributed by atoms with Crippen molar-refractivity contribution in [3.63, 3.8) is 0 Å². The molecule has 1 heterocycles. The first-order chi connectivity index (χ1) is 12.5. The van der Waals surface area contributed by atoms with Crippen LogP contribution in [0.5, 0.6) is 0 Å². The number of para-hydroxylation sites is 1. The van der Waals surface area contributed by atoms with E-state index in [1.54, 1.807) is 0 Å². The van der Waals surface area contributed by atoms with Crippen molar-refractivity contribution in [1.29, 1.82) is 0 Å². The summed E-state index contributed by atoms with van der Waals surface area (Å²) in [6.07, 6.45) is 2.37. The highest BCUT2D eigenvalue weighted by Gasteiger charge is 2.24. The van der Waals surface area contributed by atoms with Crippen molar-refractivity contribution in [2.45, 2.75) is 24.9 Å². The van der Waals surface area contributed by atoms with E-state index in [1.165, 1.54) is 0 Å². The highest BCUT2D eigenvalue weighted by molar-refractivity contribution is 5.88. The number of aromatic amines is 1. The summed E-state index contributed by atoms with van der Waals surface area (Å²) >= 11 is 0. The third-order valence-corrected chi connectivity index (χ3v) is 4.35. The van der Waals surface area contributed by atoms with Crippen molar-refractivity contribution < 1.29 is 14.7 Å². The van der Waals surface area contributed by atoms with Crippen LogP contribution in [-0.2, 0) is 22.4 Å². The zero-order valence-electron chi connectivity index (χ0n) is 14.2. The summed E-state index contributed by atoms with van der Waals surface area (Å²) in [6.45, 7) is 0. The third-order valence-electron chi connectivity index (χ3n) is 4.35. The molecule has 0 bridgehead atoms. The number of carbonyl (C=O) groups excluding carboxylic acids is 1. The molecular weight excluding hydrogens is 330 g/mol. The van der Waals surface area contributed by atoms with Crippen molar-refractivity contribution in [3.05, 3.63) is 71.9 Å². The molecular formula is C20H21N3O3. The van der Waals surface area contributed by atoms with Crippen LogP contribution in [0.2, 0.25) is 0 Å². The van der Waals surface area contributed by atoms with E-state index >= 15 is 0 Å². The normalized spacial score (nSPS) is 13.3. The molecule has 0 fully saturated rings. The van der Waals surface area contributed by atoms with Gasteiger partial charge in [-0.1, -0.05) is 48.5 Å². The molecule has 0 spiro atoms. The van der Waals surface area contributed by atoms with E-state index in [1.807, 2.05) is 60.8 Å². The van der Waals surface area contributed by atoms with E-state index in [0.717, 1.165) is 22.0 Å². The van der Waals surface area contributed by atoms with Gasteiger partial charge in [-0.05, 0) is 23.6 Å². The predicted octanol–water partition coefficient (Wildman–Crippen LogP) is 1.85. The van der Waals surface area contributed by atoms with Gasteiger partial charge in [0.2, 0.25) is 5.91 Å². The van der Waals surface area contributed by atoms with E-state index in [-0.39, 0.29) is 6.42 Å². The number of carboxylic acid groups (broad SMARTS) is 1. The molecule has 3 rings (SSSR count). The van der Waals surface area contributed by atoms with Crippen LogP contribution in [0, 0.1) is 0 Å². The first-order valence-electron chi connectivity index (χ1n) is 8.42. The maximum atomic E-state index is 12.4. The maximum Gasteiger partial charge on any atom is 0.326 e. The lowest BCUT2D eigenvalue weighted by Gasteiger charge is -2.18. The van der Waals surface area contributed by atoms with Crippen LogP contribution < -0.4 is 11.1 Å². The second-order valence-corrected chi connectivity index (χ2v) is 6.26. The van der Waals surface area contributed by atoms with Crippen LogP contribution in [-0.4, -0.2) is 34.1 Å². The zero-order valence-corrected chi connectivity index (χ0v) is 14.2. The van der Waals surface area contributed by atoms with E-state index in [2.05, 4.69) is 10.3 Å². The number of hydrogen-bond donors (Lipinski definition) is 4. The molecule has 2 aromatic carbocycles. The molecule has 134 valence electrons. The van der Waals surface area contributed by atoms with Gasteiger partial charge in [-0.3, -0.25) is 4.79 Å². The average Bonchev–Trinajstić information content (AvgIpc) is 3.05. The quantitative estimate of drug-likeness (QED) is 0.521. The van der Waals surface area contributed by atoms with Gasteiger partial charge in [0.25, 0.3) is 0 Å². The van der Waals surface area contributed by atoms with Crippen LogP contribution in [0.3, 0.4) is 0 Å². The predicted molar refractivity (Wildman–Crippen MR) is 99.7 cm³/mol. The lowest BCUT2D eigenvalue weighted by atomic mass is 10.0. The number of benzene rings is 2. The number of nitrogens with two attached hydrogens (primary N) is 1. The highest BCUT2D eigenvalue weighted by atomic mass is 16.4. The molecule has 0 saturated heterocycles. The Morgan fingerprint density at radius 2 is 1.73 bits per heavy atom. The van der Waals surface area contributed by atoms with Crippen molar-refractivity contribution in [3.8, 4) is 0 Å². The molecule has 1 aromatic heterocycles. The van der Waals surface area contributed by atoms with Gasteiger partial charge in [0.15, 0.2) is 0 Å². The minimum atomic E-state index is -1.08. The van der Waals surface area contributed by atoms with Crippen molar-refractivity contribution in [2.75, 3.05) is 0 Å². The summed E-state index contributed by atoms with van der Waals surface area (Å²) in [4.78, 5) is 27.0. The second-order valence-electron chi connectivity index (χ2n) is 6.26. The minimum Gasteiger partial charge on any atom is -0.480 e. The minimum absolute atomic E-state index is 0.210. The van der Waals surface area contributed by atoms with Gasteiger partial charge < -0.3 is 21.1 Å². The fourth-order valence-electron chi connectivity index (χ4n) is 2.96. The van der Waals surface area contributed by atoms with Crippen molar-refractivity contribution >= 4 is 22.8 Å². The van der Waals surface area contributed by atoms with Gasteiger partial charge in [0.05, 0.1) is 6.04 Å². The van der Waals surface area contributed by atoms with E-state index in [4.69, 9.17) is 5.73 Å². The molecule has 0 aliphatic rings. The topological polar surface area (TPSA) is 108 Å². The molecule has 5 N–H and O–H groups in total. The Morgan fingerprint density at radius 3 is 2.46 bits per heavy atom. The van der Waals surface area contributed by atoms with Gasteiger partial charge in [-0.15, -0.1) is 0 Å². The summed E-state index contributed by atoms with van der Waals surface area (Å²) in [6, 6.07) is 15.1. The molecule has 6 nitrogen and oxygen atoms in total. The Hall–Kier alpha value is -3.12. The van der Waals surface area contributed by atoms with Crippen LogP contribution in [0.4, 0.5) is 0 Å². The van der Waals surface area contributed by atoms with Crippen LogP contribution in [0.15, 0.2) is 60.8 Å². The molecule has 1 unspecified atom stereocenters. The molecule has 3 aromatic rings. The number of carboxylic acids is 1. The standard InChI is InChI=1S/C20H21N3O3/c21-16(11-14-12-22-17-9-5-4-8-15(14)17)19(24)23-18(20(25)26)10-13-6-2-1-3-7-13/h1-9,12,16,18,22H,10-11,21H2,(H,23,24)(H,25,26)/t16?,18-/m0/s1. The summed E-state index contributed by atoms with van der Waals surface area (Å²) in [5.41, 5.74) is 8.76. The molecule has 0 aliphatic heterocycles. The number of H-pyrrole nitrogens is 1. The first-order valence-corrected chi connectivity index (χ1v) is 8.42. The highest BCUT2D eigenvalue weighted by Crippen LogP contribution is 2.18. The number of hydrogen-bond acceptors (Lipinski definition) is 3. The average molecular weight is 351 g/mol. The molecule has 2 atom stereocenters. The molecule has 1 amide bonds. The number of rotatable bonds is 7. The van der Waals surface area contributed by atoms with Gasteiger partial charge in [0.1, 0.15) is 6.04 Å². The van der Waals surface area contributed by atoms with Crippen molar-refractivity contribution in [2.24, 2.45) is 5.73 Å². The lowest BCUT2D eigenvalue weighted by molar-refractivity contribution is -0.141. The van der Waals surface area contributed by atoms with E-state index < -0.39 is 24.0 Å². The fourth-order valence-corrected chi connectivity index (χ4v) is 2.96. The Bertz CT molecular complexity index is 905. The number of fused-ring (bicyclic) bond motifs is 1. The summed E-state index contributed by atoms with van der Waals surface area (Å²) in [5.74, 6) is -1.56. The van der Waals surface area contributed by atoms with Crippen LogP contribution >= 0.6 is 0 Å². The van der Waals surface area contributed by atoms with Crippen molar-refractivity contribution in [1.82, 2.24) is 10.3 Å². The Kier molecular flexibility index (Phi) is 5.34. The van der Waals surface area contributed by atoms with Gasteiger partial charge in [-0.2, -0.15) is 0 Å². The Morgan fingerprint density at radius 1 is 1.04 bits per heavy atom. The molecule has 0 aliphatic carbocycles. The zero-order chi connectivity index (χ0) is 18.5. The summed E-state index contributed by atoms with van der Waals surface area (Å²) in [5, 5.41) is 13.0. The van der Waals surface area contributed by atoms with Gasteiger partial charge in [-0.25, -0.2) is 4.79 Å². The lowest BCUT2D eigenvalue weighted by Crippen LogP contribution is -2.50. The van der Waals surface area contributed by atoms with Crippen LogP contribution in [0.1, 0.15) is 11.1 Å². The van der Waals surface area contributed by atoms with Crippen LogP contribution in [0.25, 0.3) is 10.9 Å². The smallest absolute Gasteiger partial charge is 0.326 e. The number of aliphatic carboxylic acids is 1. The number of amides is 1. The third kappa shape index (κ3) is 4.10. The largest absolute Gasteiger partial charge is 0.480 e. The molecule has 26 heavy (non-hydrogen) atoms. The van der Waals surface area contributed by atoms with E-state index in [0.29, 0.717) is 6.42 Å². The number of carbonyl (C=O) groups is 2. The molecule has 0 saturated carbocycles. The fraction of sp³-hybridized carbons (Fsp3) is 0.200. The maximum absolute atomic E-state index is 12.4. The van der Waals surface area contributed by atoms with E-state index in [9.17, 15) is 14.7 Å². The van der Waals surface area contributed by atoms with Gasteiger partial charge in [0, 0.05) is 23.5 Å². The molecule has 0 radical (unpaired) electrons. The number of aromatic nitrogens is 1.